The zero-order chi connectivity index (χ0) is 28.0. The van der Waals surface area contributed by atoms with E-state index in [-0.39, 0.29) is 17.3 Å². The molecule has 38 heavy (non-hydrogen) atoms. The lowest BCUT2D eigenvalue weighted by molar-refractivity contribution is -0.139. The number of sulfonamides is 1. The molecule has 0 aliphatic heterocycles. The van der Waals surface area contributed by atoms with Gasteiger partial charge < -0.3 is 10.2 Å². The van der Waals surface area contributed by atoms with Crippen LogP contribution < -0.4 is 9.62 Å². The average molecular weight is 556 g/mol. The zero-order valence-corrected chi connectivity index (χ0v) is 23.9. The molecule has 7 nitrogen and oxygen atoms in total. The molecule has 0 radical (unpaired) electrons. The van der Waals surface area contributed by atoms with Crippen LogP contribution in [-0.2, 0) is 26.2 Å². The molecule has 0 saturated carbocycles. The van der Waals surface area contributed by atoms with Crippen molar-refractivity contribution in [3.63, 3.8) is 0 Å². The maximum Gasteiger partial charge on any atom is 0.264 e. The second-order valence-electron chi connectivity index (χ2n) is 9.29. The summed E-state index contributed by atoms with van der Waals surface area (Å²) >= 11 is 6.35. The number of hydrogen-bond acceptors (Lipinski definition) is 4. The Morgan fingerprint density at radius 1 is 0.947 bits per heavy atom. The number of aryl methyl sites for hydroxylation is 2. The SMILES string of the molecule is CCNC(=O)[C@@H](C)N(Cc1cccc(C)c1)C(=O)CN(c1cccc(Cl)c1C)S(=O)(=O)c1ccc(C)cc1. The highest BCUT2D eigenvalue weighted by molar-refractivity contribution is 7.92. The van der Waals surface area contributed by atoms with Crippen molar-refractivity contribution in [3.8, 4) is 0 Å². The fraction of sp³-hybridized carbons (Fsp3) is 0.310. The molecule has 9 heteroatoms. The van der Waals surface area contributed by atoms with Crippen LogP contribution in [0.15, 0.2) is 71.6 Å². The summed E-state index contributed by atoms with van der Waals surface area (Å²) in [6.07, 6.45) is 0. The molecule has 0 spiro atoms. The number of amides is 2. The highest BCUT2D eigenvalue weighted by Crippen LogP contribution is 2.31. The minimum Gasteiger partial charge on any atom is -0.355 e. The summed E-state index contributed by atoms with van der Waals surface area (Å²) in [4.78, 5) is 28.2. The lowest BCUT2D eigenvalue weighted by Gasteiger charge is -2.32. The Morgan fingerprint density at radius 3 is 2.24 bits per heavy atom. The van der Waals surface area contributed by atoms with E-state index in [1.807, 2.05) is 38.1 Å². The number of hydrogen-bond donors (Lipinski definition) is 1. The molecule has 0 aromatic heterocycles. The van der Waals surface area contributed by atoms with Gasteiger partial charge in [-0.2, -0.15) is 0 Å². The van der Waals surface area contributed by atoms with Crippen molar-refractivity contribution in [2.75, 3.05) is 17.4 Å². The first-order valence-electron chi connectivity index (χ1n) is 12.4. The minimum absolute atomic E-state index is 0.0530. The van der Waals surface area contributed by atoms with E-state index >= 15 is 0 Å². The van der Waals surface area contributed by atoms with E-state index in [2.05, 4.69) is 5.32 Å². The summed E-state index contributed by atoms with van der Waals surface area (Å²) in [5, 5.41) is 3.14. The van der Waals surface area contributed by atoms with Gasteiger partial charge in [0.1, 0.15) is 12.6 Å². The van der Waals surface area contributed by atoms with Crippen LogP contribution in [0.2, 0.25) is 5.02 Å². The number of likely N-dealkylation sites (N-methyl/N-ethyl adjacent to an activating group) is 1. The molecule has 0 fully saturated rings. The molecule has 0 heterocycles. The van der Waals surface area contributed by atoms with Crippen molar-refractivity contribution >= 4 is 39.1 Å². The first-order chi connectivity index (χ1) is 17.9. The Morgan fingerprint density at radius 2 is 1.61 bits per heavy atom. The van der Waals surface area contributed by atoms with Gasteiger partial charge in [0.2, 0.25) is 11.8 Å². The van der Waals surface area contributed by atoms with Gasteiger partial charge in [-0.15, -0.1) is 0 Å². The van der Waals surface area contributed by atoms with Gasteiger partial charge in [0, 0.05) is 18.1 Å². The summed E-state index contributed by atoms with van der Waals surface area (Å²) in [6, 6.07) is 18.2. The van der Waals surface area contributed by atoms with Crippen LogP contribution in [0.1, 0.15) is 36.1 Å². The molecule has 0 aliphatic rings. The van der Waals surface area contributed by atoms with E-state index in [1.165, 1.54) is 17.0 Å². The summed E-state index contributed by atoms with van der Waals surface area (Å²) in [6.45, 7) is 9.01. The van der Waals surface area contributed by atoms with Gasteiger partial charge in [-0.1, -0.05) is 65.2 Å². The highest BCUT2D eigenvalue weighted by Gasteiger charge is 2.33. The number of nitrogens with one attached hydrogen (secondary N) is 1. The maximum atomic E-state index is 13.9. The fourth-order valence-electron chi connectivity index (χ4n) is 4.13. The first kappa shape index (κ1) is 29.2. The van der Waals surface area contributed by atoms with Crippen LogP contribution in [0.25, 0.3) is 0 Å². The van der Waals surface area contributed by atoms with Crippen LogP contribution in [0.4, 0.5) is 5.69 Å². The van der Waals surface area contributed by atoms with Gasteiger partial charge in [-0.05, 0) is 70.0 Å². The van der Waals surface area contributed by atoms with E-state index in [4.69, 9.17) is 11.6 Å². The predicted octanol–water partition coefficient (Wildman–Crippen LogP) is 5.01. The number of carbonyl (C=O) groups excluding carboxylic acids is 2. The smallest absolute Gasteiger partial charge is 0.264 e. The van der Waals surface area contributed by atoms with E-state index < -0.39 is 28.5 Å². The molecule has 1 N–H and O–H groups in total. The number of halogens is 1. The molecule has 3 rings (SSSR count). The largest absolute Gasteiger partial charge is 0.355 e. The fourth-order valence-corrected chi connectivity index (χ4v) is 5.77. The standard InChI is InChI=1S/C29H34ClN3O4S/c1-6-31-29(35)23(5)32(18-24-10-7-9-21(3)17-24)28(34)19-33(27-12-8-11-26(30)22(27)4)38(36,37)25-15-13-20(2)14-16-25/h7-17,23H,6,18-19H2,1-5H3,(H,31,35)/t23-/m1/s1. The predicted molar refractivity (Wildman–Crippen MR) is 152 cm³/mol. The lowest BCUT2D eigenvalue weighted by Crippen LogP contribution is -2.51. The van der Waals surface area contributed by atoms with E-state index in [0.717, 1.165) is 21.0 Å². The second kappa shape index (κ2) is 12.5. The van der Waals surface area contributed by atoms with Crippen LogP contribution in [0.3, 0.4) is 0 Å². The molecular weight excluding hydrogens is 522 g/mol. The number of carbonyl (C=O) groups is 2. The number of rotatable bonds is 10. The van der Waals surface area contributed by atoms with Crippen molar-refractivity contribution < 1.29 is 18.0 Å². The molecule has 0 saturated heterocycles. The third kappa shape index (κ3) is 6.74. The number of benzene rings is 3. The topological polar surface area (TPSA) is 86.8 Å². The van der Waals surface area contributed by atoms with Crippen molar-refractivity contribution in [1.29, 1.82) is 0 Å². The summed E-state index contributed by atoms with van der Waals surface area (Å²) in [5.41, 5.74) is 3.58. The molecule has 0 aliphatic carbocycles. The first-order valence-corrected chi connectivity index (χ1v) is 14.2. The van der Waals surface area contributed by atoms with Gasteiger partial charge in [0.05, 0.1) is 10.6 Å². The third-order valence-corrected chi connectivity index (χ3v) is 8.53. The monoisotopic (exact) mass is 555 g/mol. The van der Waals surface area contributed by atoms with Crippen LogP contribution in [0, 0.1) is 20.8 Å². The van der Waals surface area contributed by atoms with E-state index in [1.54, 1.807) is 51.1 Å². The van der Waals surface area contributed by atoms with Crippen molar-refractivity contribution in [3.05, 3.63) is 94.0 Å². The van der Waals surface area contributed by atoms with E-state index in [0.29, 0.717) is 22.8 Å². The Kier molecular flexibility index (Phi) is 9.57. The van der Waals surface area contributed by atoms with Crippen LogP contribution in [0.5, 0.6) is 0 Å². The second-order valence-corrected chi connectivity index (χ2v) is 11.6. The molecule has 0 unspecified atom stereocenters. The van der Waals surface area contributed by atoms with Gasteiger partial charge in [0.25, 0.3) is 10.0 Å². The lowest BCUT2D eigenvalue weighted by atomic mass is 10.1. The Hall–Kier alpha value is -3.36. The van der Waals surface area contributed by atoms with Crippen molar-refractivity contribution in [2.24, 2.45) is 0 Å². The summed E-state index contributed by atoms with van der Waals surface area (Å²) in [5.74, 6) is -0.833. The minimum atomic E-state index is -4.15. The molecular formula is C29H34ClN3O4S. The summed E-state index contributed by atoms with van der Waals surface area (Å²) < 4.78 is 28.9. The highest BCUT2D eigenvalue weighted by atomic mass is 35.5. The molecule has 0 bridgehead atoms. The Balaban J connectivity index is 2.08. The molecule has 202 valence electrons. The average Bonchev–Trinajstić information content (AvgIpc) is 2.87. The normalized spacial score (nSPS) is 12.1. The number of nitrogens with zero attached hydrogens (tertiary/aromatic N) is 2. The molecule has 2 amide bonds. The van der Waals surface area contributed by atoms with Gasteiger partial charge >= 0.3 is 0 Å². The van der Waals surface area contributed by atoms with Gasteiger partial charge in [-0.25, -0.2) is 8.42 Å². The van der Waals surface area contributed by atoms with Gasteiger partial charge in [0.15, 0.2) is 0 Å². The number of anilines is 1. The molecule has 1 atom stereocenters. The molecule has 3 aromatic carbocycles. The van der Waals surface area contributed by atoms with Crippen LogP contribution >= 0.6 is 11.6 Å². The Bertz CT molecular complexity index is 1410. The quantitative estimate of drug-likeness (QED) is 0.381. The maximum absolute atomic E-state index is 13.9. The molecule has 3 aromatic rings. The Labute approximate surface area is 230 Å². The summed E-state index contributed by atoms with van der Waals surface area (Å²) in [7, 11) is -4.15. The van der Waals surface area contributed by atoms with Crippen molar-refractivity contribution in [1.82, 2.24) is 10.2 Å². The van der Waals surface area contributed by atoms with Crippen LogP contribution in [-0.4, -0.2) is 44.3 Å². The van der Waals surface area contributed by atoms with E-state index in [9.17, 15) is 18.0 Å². The zero-order valence-electron chi connectivity index (χ0n) is 22.4. The van der Waals surface area contributed by atoms with Gasteiger partial charge in [-0.3, -0.25) is 13.9 Å². The third-order valence-electron chi connectivity index (χ3n) is 6.35. The van der Waals surface area contributed by atoms with Crippen molar-refractivity contribution in [2.45, 2.75) is 52.1 Å².